The van der Waals surface area contributed by atoms with Crippen LogP contribution in [0.1, 0.15) is 5.69 Å². The monoisotopic (exact) mass is 276 g/mol. The minimum absolute atomic E-state index is 0.0610. The van der Waals surface area contributed by atoms with Crippen LogP contribution >= 0.6 is 11.8 Å². The largest absolute Gasteiger partial charge is 0.433 e. The van der Waals surface area contributed by atoms with Gasteiger partial charge < -0.3 is 10.3 Å². The fourth-order valence-electron chi connectivity index (χ4n) is 1.10. The number of nitrogens with two attached hydrogens (primary N) is 1. The molecule has 0 fully saturated rings. The molecule has 96 valence electrons. The molecule has 2 rings (SSSR count). The zero-order valence-corrected chi connectivity index (χ0v) is 9.83. The zero-order valence-electron chi connectivity index (χ0n) is 9.01. The van der Waals surface area contributed by atoms with E-state index in [1.165, 1.54) is 6.33 Å². The Hall–Kier alpha value is -1.84. The van der Waals surface area contributed by atoms with E-state index in [1.807, 2.05) is 0 Å². The molecule has 0 spiro atoms. The third kappa shape index (κ3) is 2.70. The lowest BCUT2D eigenvalue weighted by molar-refractivity contribution is -0.141. The second kappa shape index (κ2) is 4.44. The van der Waals surface area contributed by atoms with E-state index in [0.717, 1.165) is 17.8 Å². The van der Waals surface area contributed by atoms with Crippen molar-refractivity contribution >= 4 is 17.7 Å². The van der Waals surface area contributed by atoms with E-state index in [0.29, 0.717) is 5.16 Å². The molecule has 0 aromatic carbocycles. The zero-order chi connectivity index (χ0) is 13.3. The molecule has 2 N–H and O–H groups in total. The molecule has 2 heterocycles. The highest BCUT2D eigenvalue weighted by atomic mass is 32.2. The van der Waals surface area contributed by atoms with Gasteiger partial charge in [-0.2, -0.15) is 13.2 Å². The Morgan fingerprint density at radius 2 is 2.06 bits per heavy atom. The van der Waals surface area contributed by atoms with Crippen LogP contribution in [0.4, 0.5) is 19.1 Å². The summed E-state index contributed by atoms with van der Waals surface area (Å²) in [7, 11) is 1.66. The Kier molecular flexibility index (Phi) is 3.11. The Morgan fingerprint density at radius 1 is 1.33 bits per heavy atom. The van der Waals surface area contributed by atoms with Crippen LogP contribution in [0.3, 0.4) is 0 Å². The number of halogens is 3. The standard InChI is InChI=1S/C8H7F3N6S/c1-17-3-13-16-7(17)18-5-2-4(8(9,10)11)14-6(12)15-5/h2-3H,1H3,(H2,12,14,15). The van der Waals surface area contributed by atoms with Gasteiger partial charge in [0.05, 0.1) is 0 Å². The predicted molar refractivity (Wildman–Crippen MR) is 56.6 cm³/mol. The Bertz CT molecular complexity index is 566. The molecule has 0 amide bonds. The molecule has 0 aliphatic rings. The number of anilines is 1. The van der Waals surface area contributed by atoms with E-state index in [1.54, 1.807) is 11.6 Å². The fraction of sp³-hybridized carbons (Fsp3) is 0.250. The minimum Gasteiger partial charge on any atom is -0.368 e. The van der Waals surface area contributed by atoms with Crippen molar-refractivity contribution < 1.29 is 13.2 Å². The molecule has 0 radical (unpaired) electrons. The minimum atomic E-state index is -4.56. The summed E-state index contributed by atoms with van der Waals surface area (Å²) >= 11 is 0.924. The lowest BCUT2D eigenvalue weighted by Gasteiger charge is -2.07. The molecule has 0 unspecified atom stereocenters. The maximum atomic E-state index is 12.5. The first-order valence-corrected chi connectivity index (χ1v) is 5.41. The molecule has 0 saturated carbocycles. The van der Waals surface area contributed by atoms with Gasteiger partial charge in [-0.05, 0) is 11.8 Å². The maximum absolute atomic E-state index is 12.5. The van der Waals surface area contributed by atoms with Crippen molar-refractivity contribution in [3.63, 3.8) is 0 Å². The summed E-state index contributed by atoms with van der Waals surface area (Å²) in [6.45, 7) is 0. The Balaban J connectivity index is 2.35. The van der Waals surface area contributed by atoms with Crippen molar-refractivity contribution in [1.82, 2.24) is 24.7 Å². The van der Waals surface area contributed by atoms with Gasteiger partial charge in [0, 0.05) is 13.1 Å². The smallest absolute Gasteiger partial charge is 0.368 e. The number of hydrogen-bond donors (Lipinski definition) is 1. The van der Waals surface area contributed by atoms with Crippen molar-refractivity contribution in [1.29, 1.82) is 0 Å². The second-order valence-electron chi connectivity index (χ2n) is 3.27. The number of nitrogen functional groups attached to an aromatic ring is 1. The van der Waals surface area contributed by atoms with Crippen molar-refractivity contribution in [2.45, 2.75) is 16.4 Å². The summed E-state index contributed by atoms with van der Waals surface area (Å²) in [5, 5.41) is 7.80. The SMILES string of the molecule is Cn1cnnc1Sc1cc(C(F)(F)F)nc(N)n1. The number of nitrogens with zero attached hydrogens (tertiary/aromatic N) is 5. The maximum Gasteiger partial charge on any atom is 0.433 e. The van der Waals surface area contributed by atoms with Gasteiger partial charge in [-0.3, -0.25) is 0 Å². The number of hydrogen-bond acceptors (Lipinski definition) is 6. The van der Waals surface area contributed by atoms with Crippen LogP contribution < -0.4 is 5.73 Å². The fourth-order valence-corrected chi connectivity index (χ4v) is 1.87. The molecule has 18 heavy (non-hydrogen) atoms. The highest BCUT2D eigenvalue weighted by Crippen LogP contribution is 2.32. The van der Waals surface area contributed by atoms with Crippen LogP contribution in [-0.4, -0.2) is 24.7 Å². The topological polar surface area (TPSA) is 82.5 Å². The summed E-state index contributed by atoms with van der Waals surface area (Å²) in [5.41, 5.74) is 4.16. The van der Waals surface area contributed by atoms with Crippen LogP contribution in [0.25, 0.3) is 0 Å². The van der Waals surface area contributed by atoms with Crippen molar-refractivity contribution in [2.24, 2.45) is 7.05 Å². The van der Waals surface area contributed by atoms with Crippen molar-refractivity contribution in [2.75, 3.05) is 5.73 Å². The van der Waals surface area contributed by atoms with Crippen LogP contribution in [0.2, 0.25) is 0 Å². The van der Waals surface area contributed by atoms with E-state index in [-0.39, 0.29) is 5.03 Å². The summed E-state index contributed by atoms with van der Waals surface area (Å²) < 4.78 is 39.1. The molecule has 0 aliphatic heterocycles. The molecule has 0 aliphatic carbocycles. The van der Waals surface area contributed by atoms with E-state index < -0.39 is 17.8 Å². The van der Waals surface area contributed by atoms with E-state index in [2.05, 4.69) is 20.2 Å². The number of aromatic nitrogens is 5. The summed E-state index contributed by atoms with van der Waals surface area (Å²) in [6.07, 6.45) is -3.14. The van der Waals surface area contributed by atoms with Gasteiger partial charge in [0.1, 0.15) is 11.4 Å². The highest BCUT2D eigenvalue weighted by molar-refractivity contribution is 7.99. The average molecular weight is 276 g/mol. The molecule has 0 saturated heterocycles. The van der Waals surface area contributed by atoms with Gasteiger partial charge in [-0.1, -0.05) is 0 Å². The summed E-state index contributed by atoms with van der Waals surface area (Å²) in [6, 6.07) is 0.815. The van der Waals surface area contributed by atoms with Crippen LogP contribution in [-0.2, 0) is 13.2 Å². The van der Waals surface area contributed by atoms with Crippen LogP contribution in [0.5, 0.6) is 0 Å². The third-order valence-corrected chi connectivity index (χ3v) is 2.85. The van der Waals surface area contributed by atoms with Crippen molar-refractivity contribution in [3.8, 4) is 0 Å². The third-order valence-electron chi connectivity index (χ3n) is 1.88. The lowest BCUT2D eigenvalue weighted by Crippen LogP contribution is -2.11. The lowest BCUT2D eigenvalue weighted by atomic mass is 10.4. The van der Waals surface area contributed by atoms with E-state index >= 15 is 0 Å². The van der Waals surface area contributed by atoms with Gasteiger partial charge in [-0.15, -0.1) is 10.2 Å². The first kappa shape index (κ1) is 12.6. The normalized spacial score (nSPS) is 11.8. The van der Waals surface area contributed by atoms with Crippen molar-refractivity contribution in [3.05, 3.63) is 18.1 Å². The van der Waals surface area contributed by atoms with Crippen LogP contribution in [0, 0.1) is 0 Å². The number of alkyl halides is 3. The quantitative estimate of drug-likeness (QED) is 0.834. The van der Waals surface area contributed by atoms with Gasteiger partial charge in [-0.25, -0.2) is 9.97 Å². The van der Waals surface area contributed by atoms with Gasteiger partial charge in [0.25, 0.3) is 0 Å². The summed E-state index contributed by atoms with van der Waals surface area (Å²) in [4.78, 5) is 6.85. The van der Waals surface area contributed by atoms with E-state index in [4.69, 9.17) is 5.73 Å². The summed E-state index contributed by atoms with van der Waals surface area (Å²) in [5.74, 6) is -0.436. The first-order valence-electron chi connectivity index (χ1n) is 4.60. The predicted octanol–water partition coefficient (Wildman–Crippen LogP) is 1.36. The molecule has 6 nitrogen and oxygen atoms in total. The van der Waals surface area contributed by atoms with Gasteiger partial charge in [0.15, 0.2) is 10.9 Å². The first-order chi connectivity index (χ1) is 8.36. The van der Waals surface area contributed by atoms with E-state index in [9.17, 15) is 13.2 Å². The second-order valence-corrected chi connectivity index (χ2v) is 4.26. The molecular weight excluding hydrogens is 269 g/mol. The number of aryl methyl sites for hydroxylation is 1. The Morgan fingerprint density at radius 3 is 2.61 bits per heavy atom. The van der Waals surface area contributed by atoms with Gasteiger partial charge in [0.2, 0.25) is 5.95 Å². The molecular formula is C8H7F3N6S. The average Bonchev–Trinajstić information content (AvgIpc) is 2.62. The van der Waals surface area contributed by atoms with Gasteiger partial charge >= 0.3 is 6.18 Å². The molecule has 2 aromatic heterocycles. The molecule has 2 aromatic rings. The Labute approximate surface area is 103 Å². The highest BCUT2D eigenvalue weighted by Gasteiger charge is 2.33. The molecule has 0 bridgehead atoms. The number of rotatable bonds is 2. The van der Waals surface area contributed by atoms with Crippen LogP contribution in [0.15, 0.2) is 22.6 Å². The molecule has 0 atom stereocenters. The molecule has 10 heteroatoms.